The highest BCUT2D eigenvalue weighted by atomic mass is 16.4. The molecule has 7 nitrogen and oxygen atoms in total. The predicted molar refractivity (Wildman–Crippen MR) is 72.7 cm³/mol. The van der Waals surface area contributed by atoms with Gasteiger partial charge in [-0.3, -0.25) is 4.79 Å². The van der Waals surface area contributed by atoms with Crippen molar-refractivity contribution in [3.05, 3.63) is 18.1 Å². The van der Waals surface area contributed by atoms with E-state index in [0.717, 1.165) is 24.2 Å². The fourth-order valence-corrected chi connectivity index (χ4v) is 1.95. The zero-order chi connectivity index (χ0) is 14.3. The number of carboxylic acid groups (broad SMARTS) is 1. The molecule has 0 amide bonds. The second kappa shape index (κ2) is 4.43. The lowest BCUT2D eigenvalue weighted by molar-refractivity contribution is -0.146. The highest BCUT2D eigenvalue weighted by molar-refractivity contribution is 5.75. The second-order valence-corrected chi connectivity index (χ2v) is 5.90. The van der Waals surface area contributed by atoms with Crippen molar-refractivity contribution in [3.63, 3.8) is 0 Å². The van der Waals surface area contributed by atoms with E-state index >= 15 is 0 Å². The van der Waals surface area contributed by atoms with Crippen molar-refractivity contribution in [2.24, 2.45) is 5.41 Å². The van der Waals surface area contributed by atoms with Crippen molar-refractivity contribution < 1.29 is 9.90 Å². The number of hydrogen-bond acceptors (Lipinski definition) is 5. The highest BCUT2D eigenvalue weighted by Gasteiger charge is 2.29. The quantitative estimate of drug-likeness (QED) is 0.859. The van der Waals surface area contributed by atoms with Crippen LogP contribution in [-0.2, 0) is 4.79 Å². The van der Waals surface area contributed by atoms with E-state index in [1.54, 1.807) is 24.7 Å². The second-order valence-electron chi connectivity index (χ2n) is 5.90. The monoisotopic (exact) mass is 275 g/mol. The van der Waals surface area contributed by atoms with Crippen molar-refractivity contribution >= 4 is 17.3 Å². The van der Waals surface area contributed by atoms with Crippen molar-refractivity contribution in [1.82, 2.24) is 19.8 Å². The number of rotatable bonds is 5. The molecule has 0 atom stereocenters. The van der Waals surface area contributed by atoms with Gasteiger partial charge in [0.25, 0.3) is 0 Å². The Labute approximate surface area is 116 Å². The third-order valence-electron chi connectivity index (χ3n) is 3.58. The summed E-state index contributed by atoms with van der Waals surface area (Å²) >= 11 is 0. The first-order chi connectivity index (χ1) is 9.47. The van der Waals surface area contributed by atoms with Crippen molar-refractivity contribution in [2.75, 3.05) is 11.9 Å². The molecular weight excluding hydrogens is 258 g/mol. The van der Waals surface area contributed by atoms with Gasteiger partial charge < -0.3 is 10.4 Å². The number of aliphatic carboxylic acids is 1. The molecule has 0 aliphatic heterocycles. The standard InChI is InChI=1S/C13H17N5O2/c1-13(2,12(19)20)6-14-10-5-9(8-3-4-8)17-18-7-15-16-11(10)18/h5,7-8,14H,3-4,6H2,1-2H3,(H,19,20). The fraction of sp³-hybridized carbons (Fsp3) is 0.538. The molecule has 2 heterocycles. The lowest BCUT2D eigenvalue weighted by Crippen LogP contribution is -2.32. The normalized spacial score (nSPS) is 15.5. The average Bonchev–Trinajstić information content (AvgIpc) is 3.14. The molecule has 2 N–H and O–H groups in total. The van der Waals surface area contributed by atoms with Crippen LogP contribution in [0.25, 0.3) is 5.65 Å². The molecule has 2 aromatic rings. The summed E-state index contributed by atoms with van der Waals surface area (Å²) < 4.78 is 1.64. The van der Waals surface area contributed by atoms with Gasteiger partial charge in [0, 0.05) is 12.5 Å². The number of fused-ring (bicyclic) bond motifs is 1. The minimum atomic E-state index is -0.847. The summed E-state index contributed by atoms with van der Waals surface area (Å²) in [5, 5.41) is 24.7. The van der Waals surface area contributed by atoms with Crippen LogP contribution in [0.2, 0.25) is 0 Å². The number of nitrogens with zero attached hydrogens (tertiary/aromatic N) is 4. The summed E-state index contributed by atoms with van der Waals surface area (Å²) in [7, 11) is 0. The van der Waals surface area contributed by atoms with Gasteiger partial charge >= 0.3 is 5.97 Å². The lowest BCUT2D eigenvalue weighted by Gasteiger charge is -2.20. The number of nitrogens with one attached hydrogen (secondary N) is 1. The van der Waals surface area contributed by atoms with Gasteiger partial charge in [0.2, 0.25) is 5.65 Å². The van der Waals surface area contributed by atoms with Gasteiger partial charge in [0.1, 0.15) is 6.33 Å². The molecule has 20 heavy (non-hydrogen) atoms. The molecule has 1 aliphatic carbocycles. The van der Waals surface area contributed by atoms with Gasteiger partial charge in [-0.1, -0.05) is 0 Å². The van der Waals surface area contributed by atoms with E-state index in [1.807, 2.05) is 6.07 Å². The maximum atomic E-state index is 11.2. The summed E-state index contributed by atoms with van der Waals surface area (Å²) in [6, 6.07) is 1.96. The molecule has 3 rings (SSSR count). The van der Waals surface area contributed by atoms with E-state index < -0.39 is 11.4 Å². The summed E-state index contributed by atoms with van der Waals surface area (Å²) in [4.78, 5) is 11.2. The molecule has 1 saturated carbocycles. The molecule has 0 radical (unpaired) electrons. The van der Waals surface area contributed by atoms with E-state index in [9.17, 15) is 4.79 Å². The Morgan fingerprint density at radius 3 is 2.95 bits per heavy atom. The van der Waals surface area contributed by atoms with Crippen LogP contribution in [0.1, 0.15) is 38.3 Å². The Morgan fingerprint density at radius 1 is 1.55 bits per heavy atom. The van der Waals surface area contributed by atoms with Gasteiger partial charge in [0.05, 0.1) is 16.8 Å². The van der Waals surface area contributed by atoms with Crippen molar-refractivity contribution in [2.45, 2.75) is 32.6 Å². The van der Waals surface area contributed by atoms with Gasteiger partial charge in [0.15, 0.2) is 0 Å². The van der Waals surface area contributed by atoms with Gasteiger partial charge in [-0.05, 0) is 32.8 Å². The number of carbonyl (C=O) groups is 1. The van der Waals surface area contributed by atoms with Crippen molar-refractivity contribution in [1.29, 1.82) is 0 Å². The molecule has 0 bridgehead atoms. The van der Waals surface area contributed by atoms with Crippen LogP contribution in [0.15, 0.2) is 12.4 Å². The molecule has 0 spiro atoms. The van der Waals surface area contributed by atoms with Gasteiger partial charge in [-0.25, -0.2) is 0 Å². The molecule has 0 aromatic carbocycles. The first-order valence-corrected chi connectivity index (χ1v) is 6.65. The molecular formula is C13H17N5O2. The molecule has 7 heteroatoms. The maximum Gasteiger partial charge on any atom is 0.310 e. The van der Waals surface area contributed by atoms with E-state index in [1.165, 1.54) is 0 Å². The first kappa shape index (κ1) is 12.8. The zero-order valence-electron chi connectivity index (χ0n) is 11.5. The Morgan fingerprint density at radius 2 is 2.30 bits per heavy atom. The molecule has 0 unspecified atom stereocenters. The molecule has 2 aromatic heterocycles. The average molecular weight is 275 g/mol. The molecule has 1 aliphatic rings. The SMILES string of the molecule is CC(C)(CNc1cc(C2CC2)nn2cnnc12)C(=O)O. The third-order valence-corrected chi connectivity index (χ3v) is 3.58. The van der Waals surface area contributed by atoms with Crippen LogP contribution in [-0.4, -0.2) is 37.4 Å². The summed E-state index contributed by atoms with van der Waals surface area (Å²) in [6.07, 6.45) is 3.87. The predicted octanol–water partition coefficient (Wildman–Crippen LogP) is 1.52. The summed E-state index contributed by atoms with van der Waals surface area (Å²) in [5.74, 6) is -0.325. The number of hydrogen-bond donors (Lipinski definition) is 2. The van der Waals surface area contributed by atoms with Crippen LogP contribution >= 0.6 is 0 Å². The van der Waals surface area contributed by atoms with Gasteiger partial charge in [-0.2, -0.15) is 9.61 Å². The highest BCUT2D eigenvalue weighted by Crippen LogP contribution is 2.40. The maximum absolute atomic E-state index is 11.2. The van der Waals surface area contributed by atoms with E-state index in [2.05, 4.69) is 20.6 Å². The fourth-order valence-electron chi connectivity index (χ4n) is 1.95. The smallest absolute Gasteiger partial charge is 0.310 e. The number of anilines is 1. The molecule has 1 fully saturated rings. The molecule has 0 saturated heterocycles. The Hall–Kier alpha value is -2.18. The summed E-state index contributed by atoms with van der Waals surface area (Å²) in [5.41, 5.74) is 1.57. The minimum Gasteiger partial charge on any atom is -0.481 e. The number of carboxylic acids is 1. The zero-order valence-corrected chi connectivity index (χ0v) is 11.5. The topological polar surface area (TPSA) is 92.4 Å². The summed E-state index contributed by atoms with van der Waals surface area (Å²) in [6.45, 7) is 3.69. The van der Waals surface area contributed by atoms with Crippen LogP contribution in [0, 0.1) is 5.41 Å². The number of aromatic nitrogens is 4. The third kappa shape index (κ3) is 2.31. The van der Waals surface area contributed by atoms with Crippen molar-refractivity contribution in [3.8, 4) is 0 Å². The Balaban J connectivity index is 1.89. The van der Waals surface area contributed by atoms with Crippen LogP contribution in [0.3, 0.4) is 0 Å². The largest absolute Gasteiger partial charge is 0.481 e. The van der Waals surface area contributed by atoms with E-state index in [0.29, 0.717) is 18.1 Å². The molecule has 106 valence electrons. The van der Waals surface area contributed by atoms with Gasteiger partial charge in [-0.15, -0.1) is 10.2 Å². The van der Waals surface area contributed by atoms with E-state index in [4.69, 9.17) is 5.11 Å². The van der Waals surface area contributed by atoms with Crippen LogP contribution < -0.4 is 5.32 Å². The van der Waals surface area contributed by atoms with E-state index in [-0.39, 0.29) is 0 Å². The van der Waals surface area contributed by atoms with Crippen LogP contribution in [0.5, 0.6) is 0 Å². The minimum absolute atomic E-state index is 0.318. The Kier molecular flexibility index (Phi) is 2.84. The first-order valence-electron chi connectivity index (χ1n) is 6.65. The lowest BCUT2D eigenvalue weighted by atomic mass is 9.94. The Bertz CT molecular complexity index is 660. The van der Waals surface area contributed by atoms with Crippen LogP contribution in [0.4, 0.5) is 5.69 Å².